The second-order valence-electron chi connectivity index (χ2n) is 6.60. The highest BCUT2D eigenvalue weighted by atomic mass is 35.5. The number of nitrogens with zero attached hydrogens (tertiary/aromatic N) is 3. The van der Waals surface area contributed by atoms with E-state index in [-0.39, 0.29) is 22.1 Å². The molecular weight excluding hydrogens is 482 g/mol. The number of carbonyl (C=O) groups is 1. The standard InChI is InChI=1S/C20H13ClF2N4O3S2/c1-27-18(20(28)25-13-3-4-15(23)14(21)7-13)8-17(26-32(27,29)30)19-6-11(10-31-19)16-5-2-12(22)9-24-16/h2-10H,1H3,(H,25,28). The Labute approximate surface area is 190 Å². The number of halogens is 3. The summed E-state index contributed by atoms with van der Waals surface area (Å²) in [6.07, 6.45) is 2.41. The highest BCUT2D eigenvalue weighted by Crippen LogP contribution is 2.28. The molecule has 1 amide bonds. The summed E-state index contributed by atoms with van der Waals surface area (Å²) in [4.78, 5) is 17.2. The number of benzene rings is 1. The molecule has 0 saturated carbocycles. The number of likely N-dealkylation sites (N-methyl/N-ethyl adjacent to an activating group) is 1. The minimum Gasteiger partial charge on any atom is -0.321 e. The van der Waals surface area contributed by atoms with E-state index >= 15 is 0 Å². The van der Waals surface area contributed by atoms with Crippen molar-refractivity contribution in [2.45, 2.75) is 0 Å². The lowest BCUT2D eigenvalue weighted by atomic mass is 10.1. The van der Waals surface area contributed by atoms with Gasteiger partial charge in [-0.15, -0.1) is 15.7 Å². The van der Waals surface area contributed by atoms with Crippen LogP contribution in [0.1, 0.15) is 4.88 Å². The molecule has 12 heteroatoms. The van der Waals surface area contributed by atoms with Crippen LogP contribution in [0.5, 0.6) is 0 Å². The molecule has 1 N–H and O–H groups in total. The fraction of sp³-hybridized carbons (Fsp3) is 0.0500. The number of pyridine rings is 1. The summed E-state index contributed by atoms with van der Waals surface area (Å²) in [5.41, 5.74) is 1.21. The van der Waals surface area contributed by atoms with Gasteiger partial charge in [-0.2, -0.15) is 8.42 Å². The summed E-state index contributed by atoms with van der Waals surface area (Å²) in [6, 6.07) is 8.00. The molecule has 0 bridgehead atoms. The van der Waals surface area contributed by atoms with Gasteiger partial charge in [-0.1, -0.05) is 11.6 Å². The van der Waals surface area contributed by atoms with E-state index in [1.165, 1.54) is 48.7 Å². The molecule has 1 aliphatic heterocycles. The Morgan fingerprint density at radius 2 is 1.97 bits per heavy atom. The van der Waals surface area contributed by atoms with Crippen LogP contribution in [0.25, 0.3) is 11.3 Å². The molecule has 0 aliphatic carbocycles. The smallest absolute Gasteiger partial charge is 0.321 e. The van der Waals surface area contributed by atoms with Crippen molar-refractivity contribution in [3.63, 3.8) is 0 Å². The predicted octanol–water partition coefficient (Wildman–Crippen LogP) is 4.24. The lowest BCUT2D eigenvalue weighted by Crippen LogP contribution is -2.35. The largest absolute Gasteiger partial charge is 0.345 e. The summed E-state index contributed by atoms with van der Waals surface area (Å²) in [5.74, 6) is -1.88. The molecule has 0 unspecified atom stereocenters. The summed E-state index contributed by atoms with van der Waals surface area (Å²) in [7, 11) is -2.98. The normalized spacial score (nSPS) is 15.2. The summed E-state index contributed by atoms with van der Waals surface area (Å²) < 4.78 is 56.1. The molecule has 4 rings (SSSR count). The lowest BCUT2D eigenvalue weighted by molar-refractivity contribution is -0.113. The van der Waals surface area contributed by atoms with E-state index in [9.17, 15) is 22.0 Å². The molecular formula is C20H13ClF2N4O3S2. The zero-order valence-corrected chi connectivity index (χ0v) is 18.6. The highest BCUT2D eigenvalue weighted by molar-refractivity contribution is 7.88. The van der Waals surface area contributed by atoms with Crippen molar-refractivity contribution in [2.24, 2.45) is 4.40 Å². The molecule has 32 heavy (non-hydrogen) atoms. The first kappa shape index (κ1) is 22.1. The number of hydrogen-bond donors (Lipinski definition) is 1. The van der Waals surface area contributed by atoms with Crippen molar-refractivity contribution in [3.05, 3.63) is 81.3 Å². The number of carbonyl (C=O) groups excluding carboxylic acids is 1. The van der Waals surface area contributed by atoms with E-state index in [0.29, 0.717) is 16.1 Å². The summed E-state index contributed by atoms with van der Waals surface area (Å²) >= 11 is 6.93. The average Bonchev–Trinajstić information content (AvgIpc) is 3.23. The van der Waals surface area contributed by atoms with Gasteiger partial charge >= 0.3 is 10.2 Å². The van der Waals surface area contributed by atoms with Gasteiger partial charge in [0.25, 0.3) is 5.91 Å². The van der Waals surface area contributed by atoms with Gasteiger partial charge in [-0.3, -0.25) is 9.78 Å². The van der Waals surface area contributed by atoms with Crippen LogP contribution < -0.4 is 5.32 Å². The number of amides is 1. The minimum atomic E-state index is -4.17. The fourth-order valence-corrected chi connectivity index (χ4v) is 4.81. The van der Waals surface area contributed by atoms with E-state index in [1.54, 1.807) is 11.4 Å². The Morgan fingerprint density at radius 1 is 1.19 bits per heavy atom. The topological polar surface area (TPSA) is 91.7 Å². The fourth-order valence-electron chi connectivity index (χ4n) is 2.80. The quantitative estimate of drug-likeness (QED) is 0.587. The van der Waals surface area contributed by atoms with Crippen LogP contribution in [0.2, 0.25) is 5.02 Å². The van der Waals surface area contributed by atoms with Gasteiger partial charge in [-0.05, 0) is 42.5 Å². The van der Waals surface area contributed by atoms with Gasteiger partial charge in [0.05, 0.1) is 27.5 Å². The molecule has 1 aliphatic rings. The summed E-state index contributed by atoms with van der Waals surface area (Å²) in [6.45, 7) is 0. The van der Waals surface area contributed by atoms with Crippen molar-refractivity contribution >= 4 is 50.5 Å². The van der Waals surface area contributed by atoms with E-state index in [1.807, 2.05) is 0 Å². The first-order valence-electron chi connectivity index (χ1n) is 8.92. The number of allylic oxidation sites excluding steroid dienone is 1. The van der Waals surface area contributed by atoms with Crippen LogP contribution in [0.15, 0.2) is 64.1 Å². The predicted molar refractivity (Wildman–Crippen MR) is 119 cm³/mol. The second-order valence-corrected chi connectivity index (χ2v) is 9.54. The number of aromatic nitrogens is 1. The van der Waals surface area contributed by atoms with Crippen LogP contribution in [0.4, 0.5) is 14.5 Å². The Balaban J connectivity index is 1.66. The van der Waals surface area contributed by atoms with Crippen molar-refractivity contribution < 1.29 is 22.0 Å². The molecule has 0 atom stereocenters. The van der Waals surface area contributed by atoms with Crippen LogP contribution >= 0.6 is 22.9 Å². The van der Waals surface area contributed by atoms with Crippen LogP contribution in [-0.4, -0.2) is 36.4 Å². The zero-order chi connectivity index (χ0) is 23.0. The minimum absolute atomic E-state index is 0.0590. The zero-order valence-electron chi connectivity index (χ0n) is 16.2. The van der Waals surface area contributed by atoms with E-state index in [2.05, 4.69) is 14.7 Å². The lowest BCUT2D eigenvalue weighted by Gasteiger charge is -2.23. The van der Waals surface area contributed by atoms with Crippen molar-refractivity contribution in [1.82, 2.24) is 9.29 Å². The first-order valence-corrected chi connectivity index (χ1v) is 11.6. The Morgan fingerprint density at radius 3 is 2.66 bits per heavy atom. The van der Waals surface area contributed by atoms with Crippen molar-refractivity contribution in [1.29, 1.82) is 0 Å². The monoisotopic (exact) mass is 494 g/mol. The van der Waals surface area contributed by atoms with Gasteiger partial charge in [0.1, 0.15) is 17.3 Å². The highest BCUT2D eigenvalue weighted by Gasteiger charge is 2.30. The number of thiophene rings is 1. The Hall–Kier alpha value is -3.15. The molecule has 164 valence electrons. The molecule has 3 heterocycles. The van der Waals surface area contributed by atoms with Crippen molar-refractivity contribution in [3.8, 4) is 11.3 Å². The maximum Gasteiger partial charge on any atom is 0.345 e. The van der Waals surface area contributed by atoms with Gasteiger partial charge in [-0.25, -0.2) is 13.1 Å². The Kier molecular flexibility index (Phi) is 5.80. The maximum absolute atomic E-state index is 13.4. The molecule has 0 radical (unpaired) electrons. The van der Waals surface area contributed by atoms with Crippen LogP contribution in [0, 0.1) is 11.6 Å². The van der Waals surface area contributed by atoms with E-state index in [0.717, 1.165) is 16.6 Å². The average molecular weight is 495 g/mol. The molecule has 2 aromatic heterocycles. The third-order valence-electron chi connectivity index (χ3n) is 4.46. The van der Waals surface area contributed by atoms with E-state index in [4.69, 9.17) is 11.6 Å². The maximum atomic E-state index is 13.4. The van der Waals surface area contributed by atoms with Crippen LogP contribution in [-0.2, 0) is 15.0 Å². The number of anilines is 1. The van der Waals surface area contributed by atoms with Gasteiger partial charge in [0.2, 0.25) is 0 Å². The number of rotatable bonds is 4. The van der Waals surface area contributed by atoms with Crippen LogP contribution in [0.3, 0.4) is 0 Å². The number of hydrogen-bond acceptors (Lipinski definition) is 5. The first-order chi connectivity index (χ1) is 15.1. The molecule has 1 aromatic carbocycles. The van der Waals surface area contributed by atoms with Gasteiger partial charge in [0, 0.05) is 23.7 Å². The Bertz CT molecular complexity index is 1390. The van der Waals surface area contributed by atoms with Crippen molar-refractivity contribution in [2.75, 3.05) is 12.4 Å². The molecule has 3 aromatic rings. The van der Waals surface area contributed by atoms with E-state index < -0.39 is 27.8 Å². The molecule has 0 fully saturated rings. The number of nitrogens with one attached hydrogen (secondary N) is 1. The third-order valence-corrected chi connectivity index (χ3v) is 7.02. The van der Waals surface area contributed by atoms with Gasteiger partial charge in [0.15, 0.2) is 0 Å². The third kappa shape index (κ3) is 4.40. The molecule has 0 spiro atoms. The molecule has 0 saturated heterocycles. The molecule has 7 nitrogen and oxygen atoms in total. The SMILES string of the molecule is CN1C(C(=O)Nc2ccc(F)c(Cl)c2)=CC(c2cc(-c3ccc(F)cn3)cs2)=NS1(=O)=O. The second kappa shape index (κ2) is 8.41. The van der Waals surface area contributed by atoms with Gasteiger partial charge < -0.3 is 5.32 Å². The summed E-state index contributed by atoms with van der Waals surface area (Å²) in [5, 5.41) is 4.02.